The monoisotopic (exact) mass is 491 g/mol. The van der Waals surface area contributed by atoms with Gasteiger partial charge in [-0.2, -0.15) is 0 Å². The van der Waals surface area contributed by atoms with Gasteiger partial charge in [0.15, 0.2) is 5.96 Å². The number of carbonyl (C=O) groups excluding carboxylic acids is 1. The van der Waals surface area contributed by atoms with Crippen molar-refractivity contribution < 1.29 is 9.21 Å². The molecule has 0 spiro atoms. The average Bonchev–Trinajstić information content (AvgIpc) is 3.17. The van der Waals surface area contributed by atoms with E-state index < -0.39 is 0 Å². The summed E-state index contributed by atoms with van der Waals surface area (Å²) in [5.74, 6) is 1.82. The third-order valence-corrected chi connectivity index (χ3v) is 4.60. The number of aliphatic imine (C=N–C) groups is 1. The summed E-state index contributed by atoms with van der Waals surface area (Å²) in [4.78, 5) is 20.5. The molecule has 7 nitrogen and oxygen atoms in total. The Hall–Kier alpha value is -1.29. The summed E-state index contributed by atoms with van der Waals surface area (Å²) in [6.45, 7) is 6.19. The number of furan rings is 1. The van der Waals surface area contributed by atoms with Crippen molar-refractivity contribution in [3.63, 3.8) is 0 Å². The minimum Gasteiger partial charge on any atom is -0.468 e. The molecule has 1 aromatic rings. The molecule has 0 radical (unpaired) electrons. The highest BCUT2D eigenvalue weighted by Gasteiger charge is 2.24. The molecule has 1 saturated heterocycles. The highest BCUT2D eigenvalue weighted by Crippen LogP contribution is 2.25. The molecule has 27 heavy (non-hydrogen) atoms. The normalized spacial score (nSPS) is 16.3. The van der Waals surface area contributed by atoms with E-state index >= 15 is 0 Å². The molecule has 154 valence electrons. The van der Waals surface area contributed by atoms with Crippen LogP contribution in [0.25, 0.3) is 0 Å². The van der Waals surface area contributed by atoms with Crippen LogP contribution in [-0.4, -0.2) is 68.5 Å². The molecule has 1 atom stereocenters. The third kappa shape index (κ3) is 8.08. The zero-order chi connectivity index (χ0) is 18.8. The largest absolute Gasteiger partial charge is 0.468 e. The minimum absolute atomic E-state index is 0. The van der Waals surface area contributed by atoms with Crippen LogP contribution in [-0.2, 0) is 4.79 Å². The van der Waals surface area contributed by atoms with Gasteiger partial charge in [-0.15, -0.1) is 24.0 Å². The van der Waals surface area contributed by atoms with Gasteiger partial charge in [0.05, 0.1) is 18.8 Å². The van der Waals surface area contributed by atoms with Crippen LogP contribution in [0.1, 0.15) is 44.4 Å². The maximum Gasteiger partial charge on any atom is 0.223 e. The smallest absolute Gasteiger partial charge is 0.223 e. The maximum absolute atomic E-state index is 11.7. The highest BCUT2D eigenvalue weighted by atomic mass is 127. The van der Waals surface area contributed by atoms with Crippen LogP contribution in [0.4, 0.5) is 0 Å². The van der Waals surface area contributed by atoms with Gasteiger partial charge < -0.3 is 20.0 Å². The predicted molar refractivity (Wildman–Crippen MR) is 120 cm³/mol. The van der Waals surface area contributed by atoms with Crippen molar-refractivity contribution in [2.75, 3.05) is 46.8 Å². The van der Waals surface area contributed by atoms with Crippen LogP contribution in [0.15, 0.2) is 27.8 Å². The van der Waals surface area contributed by atoms with Crippen molar-refractivity contribution in [3.8, 4) is 0 Å². The lowest BCUT2D eigenvalue weighted by molar-refractivity contribution is -0.128. The number of amides is 1. The quantitative estimate of drug-likeness (QED) is 0.332. The van der Waals surface area contributed by atoms with E-state index in [-0.39, 0.29) is 35.9 Å². The van der Waals surface area contributed by atoms with E-state index in [0.29, 0.717) is 19.5 Å². The lowest BCUT2D eigenvalue weighted by atomic mass is 10.1. The van der Waals surface area contributed by atoms with Crippen molar-refractivity contribution in [2.45, 2.75) is 38.6 Å². The van der Waals surface area contributed by atoms with Crippen LogP contribution in [0.2, 0.25) is 0 Å². The molecule has 2 N–H and O–H groups in total. The lowest BCUT2D eigenvalue weighted by Gasteiger charge is -2.32. The molecule has 1 fully saturated rings. The number of nitrogens with zero attached hydrogens (tertiary/aromatic N) is 3. The number of likely N-dealkylation sites (tertiary alicyclic amines) is 1. The van der Waals surface area contributed by atoms with Gasteiger partial charge in [0.2, 0.25) is 5.91 Å². The molecule has 2 rings (SSSR count). The third-order valence-electron chi connectivity index (χ3n) is 4.60. The molecule has 1 aromatic heterocycles. The van der Waals surface area contributed by atoms with Crippen molar-refractivity contribution in [2.24, 2.45) is 4.99 Å². The maximum atomic E-state index is 11.7. The molecular formula is C19H34IN5O2. The van der Waals surface area contributed by atoms with Gasteiger partial charge in [-0.1, -0.05) is 6.42 Å². The van der Waals surface area contributed by atoms with E-state index in [0.717, 1.165) is 31.4 Å². The first-order chi connectivity index (χ1) is 12.6. The van der Waals surface area contributed by atoms with Crippen LogP contribution in [0, 0.1) is 0 Å². The SMILES string of the molecule is CCNC(=NCC(c1ccco1)N1CCCCC1)NCCC(=O)N(C)C.I. The summed E-state index contributed by atoms with van der Waals surface area (Å²) < 4.78 is 5.68. The Kier molecular flexibility index (Phi) is 11.4. The van der Waals surface area contributed by atoms with Crippen LogP contribution >= 0.6 is 24.0 Å². The number of hydrogen-bond donors (Lipinski definition) is 2. The van der Waals surface area contributed by atoms with Crippen molar-refractivity contribution in [1.29, 1.82) is 0 Å². The number of carbonyl (C=O) groups is 1. The zero-order valence-corrected chi connectivity index (χ0v) is 19.1. The fraction of sp³-hybridized carbons (Fsp3) is 0.684. The Morgan fingerprint density at radius 2 is 2.04 bits per heavy atom. The van der Waals surface area contributed by atoms with Gasteiger partial charge in [0, 0.05) is 33.6 Å². The first-order valence-corrected chi connectivity index (χ1v) is 9.61. The van der Waals surface area contributed by atoms with E-state index in [9.17, 15) is 4.79 Å². The van der Waals surface area contributed by atoms with E-state index in [4.69, 9.17) is 9.41 Å². The van der Waals surface area contributed by atoms with Gasteiger partial charge in [0.25, 0.3) is 0 Å². The van der Waals surface area contributed by atoms with Crippen LogP contribution in [0.3, 0.4) is 0 Å². The Morgan fingerprint density at radius 1 is 1.30 bits per heavy atom. The van der Waals surface area contributed by atoms with Gasteiger partial charge in [0.1, 0.15) is 5.76 Å². The summed E-state index contributed by atoms with van der Waals surface area (Å²) >= 11 is 0. The van der Waals surface area contributed by atoms with Gasteiger partial charge >= 0.3 is 0 Å². The molecule has 1 aliphatic heterocycles. The molecule has 0 saturated carbocycles. The lowest BCUT2D eigenvalue weighted by Crippen LogP contribution is -2.40. The molecule has 1 aliphatic rings. The molecule has 0 aromatic carbocycles. The van der Waals surface area contributed by atoms with Crippen LogP contribution < -0.4 is 10.6 Å². The Balaban J connectivity index is 0.00000364. The van der Waals surface area contributed by atoms with E-state index in [1.807, 2.05) is 19.1 Å². The second-order valence-electron chi connectivity index (χ2n) is 6.81. The van der Waals surface area contributed by atoms with E-state index in [1.54, 1.807) is 25.3 Å². The van der Waals surface area contributed by atoms with Gasteiger partial charge in [-0.25, -0.2) is 0 Å². The van der Waals surface area contributed by atoms with Crippen molar-refractivity contribution in [3.05, 3.63) is 24.2 Å². The number of nitrogens with one attached hydrogen (secondary N) is 2. The summed E-state index contributed by atoms with van der Waals surface area (Å²) in [6.07, 6.45) is 5.93. The predicted octanol–water partition coefficient (Wildman–Crippen LogP) is 2.46. The first-order valence-electron chi connectivity index (χ1n) is 9.61. The zero-order valence-electron chi connectivity index (χ0n) is 16.7. The molecule has 2 heterocycles. The topological polar surface area (TPSA) is 73.1 Å². The van der Waals surface area contributed by atoms with Crippen molar-refractivity contribution >= 4 is 35.8 Å². The van der Waals surface area contributed by atoms with Crippen molar-refractivity contribution in [1.82, 2.24) is 20.4 Å². The fourth-order valence-corrected chi connectivity index (χ4v) is 3.13. The number of guanidine groups is 1. The second-order valence-corrected chi connectivity index (χ2v) is 6.81. The minimum atomic E-state index is 0. The highest BCUT2D eigenvalue weighted by molar-refractivity contribution is 14.0. The first kappa shape index (κ1) is 23.7. The van der Waals surface area contributed by atoms with Gasteiger partial charge in [-0.3, -0.25) is 14.7 Å². The van der Waals surface area contributed by atoms with E-state index in [2.05, 4.69) is 15.5 Å². The Bertz CT molecular complexity index is 556. The van der Waals surface area contributed by atoms with E-state index in [1.165, 1.54) is 19.3 Å². The second kappa shape index (κ2) is 13.0. The van der Waals surface area contributed by atoms with Gasteiger partial charge in [-0.05, 0) is 45.0 Å². The van der Waals surface area contributed by atoms with Crippen LogP contribution in [0.5, 0.6) is 0 Å². The number of hydrogen-bond acceptors (Lipinski definition) is 4. The number of piperidine rings is 1. The summed E-state index contributed by atoms with van der Waals surface area (Å²) in [7, 11) is 3.54. The fourth-order valence-electron chi connectivity index (χ4n) is 3.13. The molecule has 0 bridgehead atoms. The Labute approximate surface area is 180 Å². The molecule has 1 unspecified atom stereocenters. The standard InChI is InChI=1S/C19H33N5O2.HI/c1-4-20-19(21-11-10-18(25)23(2)3)22-15-16(17-9-8-14-26-17)24-12-6-5-7-13-24;/h8-9,14,16H,4-7,10-13,15H2,1-3H3,(H2,20,21,22);1H. The molecule has 0 aliphatic carbocycles. The average molecular weight is 491 g/mol. The number of halogens is 1. The molecule has 1 amide bonds. The molecular weight excluding hydrogens is 457 g/mol. The number of rotatable bonds is 8. The molecule has 8 heteroatoms. The summed E-state index contributed by atoms with van der Waals surface area (Å²) in [5.41, 5.74) is 0. The Morgan fingerprint density at radius 3 is 2.63 bits per heavy atom. The summed E-state index contributed by atoms with van der Waals surface area (Å²) in [5, 5.41) is 6.51. The summed E-state index contributed by atoms with van der Waals surface area (Å²) in [6, 6.07) is 4.13.